The van der Waals surface area contributed by atoms with Gasteiger partial charge in [0.15, 0.2) is 5.75 Å². The first-order valence-electron chi connectivity index (χ1n) is 5.25. The molecule has 0 unspecified atom stereocenters. The Morgan fingerprint density at radius 3 is 2.83 bits per heavy atom. The van der Waals surface area contributed by atoms with Crippen LogP contribution in [0.5, 0.6) is 17.2 Å². The number of aliphatic hydroxyl groups excluding tert-OH is 1. The van der Waals surface area contributed by atoms with Crippen molar-refractivity contribution in [1.82, 2.24) is 0 Å². The first kappa shape index (κ1) is 12.3. The van der Waals surface area contributed by atoms with Gasteiger partial charge in [-0.15, -0.1) is 0 Å². The summed E-state index contributed by atoms with van der Waals surface area (Å²) in [5.41, 5.74) is -0.574. The fourth-order valence-corrected chi connectivity index (χ4v) is 1.64. The van der Waals surface area contributed by atoms with E-state index in [1.165, 1.54) is 13.2 Å². The molecule has 0 aliphatic rings. The highest BCUT2D eigenvalue weighted by atomic mass is 16.5. The molecule has 2 rings (SSSR count). The van der Waals surface area contributed by atoms with Crippen molar-refractivity contribution in [1.29, 1.82) is 0 Å². The second-order valence-corrected chi connectivity index (χ2v) is 3.47. The van der Waals surface area contributed by atoms with Crippen LogP contribution in [0.3, 0.4) is 0 Å². The number of rotatable bonds is 4. The molecule has 0 radical (unpaired) electrons. The van der Waals surface area contributed by atoms with Crippen LogP contribution >= 0.6 is 0 Å². The first-order valence-corrected chi connectivity index (χ1v) is 5.25. The van der Waals surface area contributed by atoms with Gasteiger partial charge in [-0.1, -0.05) is 6.07 Å². The van der Waals surface area contributed by atoms with E-state index in [1.54, 1.807) is 12.1 Å². The number of methoxy groups -OCH3 is 1. The van der Waals surface area contributed by atoms with Gasteiger partial charge in [-0.3, -0.25) is 0 Å². The molecule has 96 valence electrons. The van der Waals surface area contributed by atoms with Crippen LogP contribution in [-0.4, -0.2) is 30.5 Å². The Morgan fingerprint density at radius 1 is 1.39 bits per heavy atom. The molecule has 18 heavy (non-hydrogen) atoms. The zero-order chi connectivity index (χ0) is 13.1. The van der Waals surface area contributed by atoms with Crippen molar-refractivity contribution in [3.8, 4) is 17.2 Å². The van der Waals surface area contributed by atoms with Crippen molar-refractivity contribution in [2.75, 3.05) is 20.3 Å². The summed E-state index contributed by atoms with van der Waals surface area (Å²) < 4.78 is 15.0. The van der Waals surface area contributed by atoms with Gasteiger partial charge >= 0.3 is 5.63 Å². The number of hydrogen-bond acceptors (Lipinski definition) is 6. The highest BCUT2D eigenvalue weighted by molar-refractivity contribution is 5.91. The molecule has 0 saturated heterocycles. The lowest BCUT2D eigenvalue weighted by Crippen LogP contribution is -2.06. The van der Waals surface area contributed by atoms with E-state index >= 15 is 0 Å². The Labute approximate surface area is 102 Å². The molecule has 0 fully saturated rings. The average molecular weight is 252 g/mol. The van der Waals surface area contributed by atoms with Gasteiger partial charge in [-0.25, -0.2) is 4.79 Å². The SMILES string of the molecule is COc1c(O)c2c(OCCO)cccc2oc1=O. The lowest BCUT2D eigenvalue weighted by molar-refractivity contribution is 0.202. The summed E-state index contributed by atoms with van der Waals surface area (Å²) in [6.07, 6.45) is 0. The number of aliphatic hydroxyl groups is 1. The summed E-state index contributed by atoms with van der Waals surface area (Å²) in [4.78, 5) is 11.5. The number of benzene rings is 1. The fourth-order valence-electron chi connectivity index (χ4n) is 1.64. The lowest BCUT2D eigenvalue weighted by Gasteiger charge is -2.10. The average Bonchev–Trinajstić information content (AvgIpc) is 2.36. The third kappa shape index (κ3) is 1.98. The summed E-state index contributed by atoms with van der Waals surface area (Å²) in [6, 6.07) is 4.74. The Kier molecular flexibility index (Phi) is 3.38. The van der Waals surface area contributed by atoms with Crippen molar-refractivity contribution in [3.63, 3.8) is 0 Å². The van der Waals surface area contributed by atoms with Crippen molar-refractivity contribution < 1.29 is 24.1 Å². The van der Waals surface area contributed by atoms with Gasteiger partial charge < -0.3 is 24.1 Å². The van der Waals surface area contributed by atoms with Gasteiger partial charge in [0.25, 0.3) is 0 Å². The van der Waals surface area contributed by atoms with E-state index in [0.29, 0.717) is 5.75 Å². The quantitative estimate of drug-likeness (QED) is 0.785. The summed E-state index contributed by atoms with van der Waals surface area (Å²) >= 11 is 0. The van der Waals surface area contributed by atoms with Crippen LogP contribution in [0.25, 0.3) is 11.0 Å². The molecule has 0 saturated carbocycles. The van der Waals surface area contributed by atoms with E-state index in [9.17, 15) is 9.90 Å². The molecule has 0 spiro atoms. The van der Waals surface area contributed by atoms with Crippen LogP contribution in [0.1, 0.15) is 0 Å². The Hall–Kier alpha value is -2.21. The summed E-state index contributed by atoms with van der Waals surface area (Å²) in [6.45, 7) is -0.0922. The molecular weight excluding hydrogens is 240 g/mol. The number of fused-ring (bicyclic) bond motifs is 1. The zero-order valence-corrected chi connectivity index (χ0v) is 9.67. The molecule has 0 bridgehead atoms. The van der Waals surface area contributed by atoms with E-state index in [4.69, 9.17) is 19.0 Å². The van der Waals surface area contributed by atoms with Crippen LogP contribution in [0.4, 0.5) is 0 Å². The second kappa shape index (κ2) is 4.97. The predicted molar refractivity (Wildman–Crippen MR) is 63.3 cm³/mol. The van der Waals surface area contributed by atoms with Gasteiger partial charge in [-0.05, 0) is 12.1 Å². The van der Waals surface area contributed by atoms with Gasteiger partial charge in [0.05, 0.1) is 13.7 Å². The van der Waals surface area contributed by atoms with Gasteiger partial charge in [0.2, 0.25) is 5.75 Å². The molecule has 2 N–H and O–H groups in total. The molecular formula is C12H12O6. The Morgan fingerprint density at radius 2 is 2.17 bits per heavy atom. The predicted octanol–water partition coefficient (Wildman–Crippen LogP) is 0.878. The highest BCUT2D eigenvalue weighted by Crippen LogP contribution is 2.37. The fraction of sp³-hybridized carbons (Fsp3) is 0.250. The molecule has 1 heterocycles. The molecule has 6 nitrogen and oxygen atoms in total. The van der Waals surface area contributed by atoms with E-state index < -0.39 is 5.63 Å². The third-order valence-corrected chi connectivity index (χ3v) is 2.38. The van der Waals surface area contributed by atoms with Crippen molar-refractivity contribution >= 4 is 11.0 Å². The molecule has 6 heteroatoms. The minimum absolute atomic E-state index is 0.0694. The maximum Gasteiger partial charge on any atom is 0.383 e. The molecule has 0 aliphatic heterocycles. The molecule has 1 aromatic carbocycles. The normalized spacial score (nSPS) is 10.6. The van der Waals surface area contributed by atoms with E-state index in [2.05, 4.69) is 0 Å². The Balaban J connectivity index is 2.70. The molecule has 0 amide bonds. The van der Waals surface area contributed by atoms with Crippen LogP contribution in [-0.2, 0) is 0 Å². The van der Waals surface area contributed by atoms with Crippen molar-refractivity contribution in [2.24, 2.45) is 0 Å². The van der Waals surface area contributed by atoms with Gasteiger partial charge in [0, 0.05) is 0 Å². The first-order chi connectivity index (χ1) is 8.69. The number of ether oxygens (including phenoxy) is 2. The van der Waals surface area contributed by atoms with Crippen LogP contribution in [0.2, 0.25) is 0 Å². The minimum Gasteiger partial charge on any atom is -0.503 e. The molecule has 2 aromatic rings. The Bertz CT molecular complexity index is 616. The summed E-state index contributed by atoms with van der Waals surface area (Å²) in [7, 11) is 1.26. The van der Waals surface area contributed by atoms with E-state index in [0.717, 1.165) is 0 Å². The maximum absolute atomic E-state index is 11.5. The monoisotopic (exact) mass is 252 g/mol. The van der Waals surface area contributed by atoms with Gasteiger partial charge in [-0.2, -0.15) is 0 Å². The standard InChI is InChI=1S/C12H12O6/c1-16-11-10(14)9-7(17-6-5-13)3-2-4-8(9)18-12(11)15/h2-4,13-14H,5-6H2,1H3. The molecule has 0 atom stereocenters. The van der Waals surface area contributed by atoms with Crippen LogP contribution in [0, 0.1) is 0 Å². The molecule has 0 aliphatic carbocycles. The second-order valence-electron chi connectivity index (χ2n) is 3.47. The van der Waals surface area contributed by atoms with Crippen molar-refractivity contribution in [3.05, 3.63) is 28.6 Å². The summed E-state index contributed by atoms with van der Waals surface area (Å²) in [5, 5.41) is 18.9. The van der Waals surface area contributed by atoms with E-state index in [1.807, 2.05) is 0 Å². The van der Waals surface area contributed by atoms with Crippen molar-refractivity contribution in [2.45, 2.75) is 0 Å². The minimum atomic E-state index is -0.762. The summed E-state index contributed by atoms with van der Waals surface area (Å²) in [5.74, 6) is -0.305. The highest BCUT2D eigenvalue weighted by Gasteiger charge is 2.17. The third-order valence-electron chi connectivity index (χ3n) is 2.38. The zero-order valence-electron chi connectivity index (χ0n) is 9.67. The molecule has 1 aromatic heterocycles. The van der Waals surface area contributed by atoms with Crippen LogP contribution in [0.15, 0.2) is 27.4 Å². The number of hydrogen-bond donors (Lipinski definition) is 2. The smallest absolute Gasteiger partial charge is 0.383 e. The lowest BCUT2D eigenvalue weighted by atomic mass is 10.2. The van der Waals surface area contributed by atoms with E-state index in [-0.39, 0.29) is 35.7 Å². The maximum atomic E-state index is 11.5. The van der Waals surface area contributed by atoms with Crippen LogP contribution < -0.4 is 15.1 Å². The number of aromatic hydroxyl groups is 1. The largest absolute Gasteiger partial charge is 0.503 e. The topological polar surface area (TPSA) is 89.1 Å². The van der Waals surface area contributed by atoms with Gasteiger partial charge in [0.1, 0.15) is 23.3 Å².